The molecule has 1 fully saturated rings. The van der Waals surface area contributed by atoms with E-state index < -0.39 is 10.0 Å². The van der Waals surface area contributed by atoms with E-state index in [1.165, 1.54) is 0 Å². The van der Waals surface area contributed by atoms with Crippen LogP contribution in [0.25, 0.3) is 0 Å². The summed E-state index contributed by atoms with van der Waals surface area (Å²) in [5, 5.41) is 2.77. The first-order valence-electron chi connectivity index (χ1n) is 9.05. The van der Waals surface area contributed by atoms with Crippen molar-refractivity contribution < 1.29 is 13.2 Å². The highest BCUT2D eigenvalue weighted by Gasteiger charge is 2.42. The van der Waals surface area contributed by atoms with Gasteiger partial charge in [0.05, 0.1) is 10.9 Å². The van der Waals surface area contributed by atoms with Gasteiger partial charge in [0.1, 0.15) is 0 Å². The second kappa shape index (κ2) is 7.04. The Kier molecular flexibility index (Phi) is 4.86. The number of benzene rings is 2. The lowest BCUT2D eigenvalue weighted by atomic mass is 10.0. The SMILES string of the molecule is CC1CC1C(NS(=O)(=O)c1cc2c(cc1Br)CCC(=O)N2)c1ccccc1. The van der Waals surface area contributed by atoms with Crippen LogP contribution in [0.4, 0.5) is 5.69 Å². The van der Waals surface area contributed by atoms with Crippen molar-refractivity contribution >= 4 is 37.5 Å². The van der Waals surface area contributed by atoms with Crippen molar-refractivity contribution in [3.8, 4) is 0 Å². The minimum absolute atomic E-state index is 0.0879. The molecule has 7 heteroatoms. The number of nitrogens with one attached hydrogen (secondary N) is 2. The van der Waals surface area contributed by atoms with Gasteiger partial charge >= 0.3 is 0 Å². The number of anilines is 1. The average molecular weight is 449 g/mol. The van der Waals surface area contributed by atoms with Gasteiger partial charge in [0, 0.05) is 16.6 Å². The molecule has 27 heavy (non-hydrogen) atoms. The van der Waals surface area contributed by atoms with Crippen LogP contribution in [-0.2, 0) is 21.2 Å². The molecule has 1 aliphatic carbocycles. The van der Waals surface area contributed by atoms with Gasteiger partial charge < -0.3 is 5.32 Å². The summed E-state index contributed by atoms with van der Waals surface area (Å²) in [7, 11) is -3.77. The molecule has 2 aromatic rings. The van der Waals surface area contributed by atoms with Crippen molar-refractivity contribution in [1.82, 2.24) is 4.72 Å². The summed E-state index contributed by atoms with van der Waals surface area (Å²) in [5.41, 5.74) is 2.49. The number of rotatable bonds is 5. The van der Waals surface area contributed by atoms with Crippen LogP contribution in [0.3, 0.4) is 0 Å². The molecule has 1 heterocycles. The fourth-order valence-electron chi connectivity index (χ4n) is 3.69. The lowest BCUT2D eigenvalue weighted by molar-refractivity contribution is -0.116. The highest BCUT2D eigenvalue weighted by molar-refractivity contribution is 9.10. The number of fused-ring (bicyclic) bond motifs is 1. The number of aryl methyl sites for hydroxylation is 1. The Labute approximate surface area is 167 Å². The van der Waals surface area contributed by atoms with E-state index in [2.05, 4.69) is 32.9 Å². The van der Waals surface area contributed by atoms with E-state index in [-0.39, 0.29) is 16.8 Å². The molecule has 1 saturated carbocycles. The molecule has 4 rings (SSSR count). The van der Waals surface area contributed by atoms with Crippen LogP contribution in [0.2, 0.25) is 0 Å². The maximum absolute atomic E-state index is 13.2. The quantitative estimate of drug-likeness (QED) is 0.725. The molecule has 0 spiro atoms. The molecule has 5 nitrogen and oxygen atoms in total. The zero-order valence-corrected chi connectivity index (χ0v) is 17.3. The second-order valence-electron chi connectivity index (χ2n) is 7.37. The number of hydrogen-bond donors (Lipinski definition) is 2. The van der Waals surface area contributed by atoms with Crippen molar-refractivity contribution in [1.29, 1.82) is 0 Å². The van der Waals surface area contributed by atoms with Crippen LogP contribution in [-0.4, -0.2) is 14.3 Å². The lowest BCUT2D eigenvalue weighted by Crippen LogP contribution is -2.31. The van der Waals surface area contributed by atoms with Crippen LogP contribution < -0.4 is 10.0 Å². The minimum atomic E-state index is -3.77. The Balaban J connectivity index is 1.68. The number of sulfonamides is 1. The number of carbonyl (C=O) groups is 1. The number of amides is 1. The van der Waals surface area contributed by atoms with Gasteiger partial charge in [-0.05, 0) is 63.9 Å². The molecule has 3 unspecified atom stereocenters. The van der Waals surface area contributed by atoms with E-state index in [1.807, 2.05) is 30.3 Å². The topological polar surface area (TPSA) is 75.3 Å². The monoisotopic (exact) mass is 448 g/mol. The number of halogens is 1. The Morgan fingerprint density at radius 3 is 2.56 bits per heavy atom. The zero-order valence-electron chi connectivity index (χ0n) is 14.9. The van der Waals surface area contributed by atoms with Gasteiger partial charge in [-0.3, -0.25) is 4.79 Å². The molecule has 2 aliphatic rings. The standard InChI is InChI=1S/C20H21BrN2O3S/c1-12-9-15(12)20(13-5-3-2-4-6-13)23-27(25,26)18-11-17-14(10-16(18)21)7-8-19(24)22-17/h2-6,10-12,15,20,23H,7-9H2,1H3,(H,22,24). The van der Waals surface area contributed by atoms with Gasteiger partial charge in [-0.1, -0.05) is 37.3 Å². The molecule has 0 radical (unpaired) electrons. The van der Waals surface area contributed by atoms with Crippen LogP contribution in [0.5, 0.6) is 0 Å². The largest absolute Gasteiger partial charge is 0.326 e. The third-order valence-corrected chi connectivity index (χ3v) is 7.78. The number of hydrogen-bond acceptors (Lipinski definition) is 3. The fraction of sp³-hybridized carbons (Fsp3) is 0.350. The first-order valence-corrected chi connectivity index (χ1v) is 11.3. The molecule has 0 bridgehead atoms. The van der Waals surface area contributed by atoms with E-state index in [9.17, 15) is 13.2 Å². The van der Waals surface area contributed by atoms with Crippen molar-refractivity contribution in [2.45, 2.75) is 37.1 Å². The molecule has 142 valence electrons. The third kappa shape index (κ3) is 3.81. The molecule has 0 aromatic heterocycles. The van der Waals surface area contributed by atoms with E-state index in [4.69, 9.17) is 0 Å². The van der Waals surface area contributed by atoms with Crippen LogP contribution >= 0.6 is 15.9 Å². The molecule has 2 N–H and O–H groups in total. The molecular formula is C20H21BrN2O3S. The van der Waals surface area contributed by atoms with Crippen LogP contribution in [0, 0.1) is 11.8 Å². The first kappa shape index (κ1) is 18.7. The Bertz CT molecular complexity index is 992. The highest BCUT2D eigenvalue weighted by Crippen LogP contribution is 2.47. The van der Waals surface area contributed by atoms with Gasteiger partial charge in [0.15, 0.2) is 0 Å². The molecular weight excluding hydrogens is 428 g/mol. The number of carbonyl (C=O) groups excluding carboxylic acids is 1. The molecule has 0 saturated heterocycles. The third-order valence-electron chi connectivity index (χ3n) is 5.38. The summed E-state index contributed by atoms with van der Waals surface area (Å²) in [6.07, 6.45) is 2.03. The van der Waals surface area contributed by atoms with Gasteiger partial charge in [-0.2, -0.15) is 0 Å². The maximum atomic E-state index is 13.2. The van der Waals surface area contributed by atoms with Gasteiger partial charge in [0.25, 0.3) is 0 Å². The van der Waals surface area contributed by atoms with Crippen LogP contribution in [0.15, 0.2) is 51.8 Å². The van der Waals surface area contributed by atoms with Crippen molar-refractivity contribution in [3.05, 3.63) is 58.1 Å². The minimum Gasteiger partial charge on any atom is -0.326 e. The normalized spacial score (nSPS) is 22.7. The Morgan fingerprint density at radius 2 is 1.89 bits per heavy atom. The molecule has 1 aliphatic heterocycles. The van der Waals surface area contributed by atoms with Crippen LogP contribution in [0.1, 0.15) is 36.9 Å². The van der Waals surface area contributed by atoms with Crippen molar-refractivity contribution in [3.63, 3.8) is 0 Å². The van der Waals surface area contributed by atoms with Crippen molar-refractivity contribution in [2.24, 2.45) is 11.8 Å². The predicted octanol–water partition coefficient (Wildman–Crippen LogP) is 4.01. The summed E-state index contributed by atoms with van der Waals surface area (Å²) in [5.74, 6) is 0.692. The average Bonchev–Trinajstić information content (AvgIpc) is 3.36. The zero-order chi connectivity index (χ0) is 19.2. The first-order chi connectivity index (χ1) is 12.8. The van der Waals surface area contributed by atoms with Gasteiger partial charge in [-0.15, -0.1) is 0 Å². The van der Waals surface area contributed by atoms with E-state index >= 15 is 0 Å². The Hall–Kier alpha value is -1.70. The van der Waals surface area contributed by atoms with Crippen molar-refractivity contribution in [2.75, 3.05) is 5.32 Å². The molecule has 1 amide bonds. The van der Waals surface area contributed by atoms with Gasteiger partial charge in [-0.25, -0.2) is 13.1 Å². The highest BCUT2D eigenvalue weighted by atomic mass is 79.9. The van der Waals surface area contributed by atoms with Gasteiger partial charge in [0.2, 0.25) is 15.9 Å². The van der Waals surface area contributed by atoms with E-state index in [0.717, 1.165) is 17.5 Å². The Morgan fingerprint density at radius 1 is 1.19 bits per heavy atom. The molecule has 2 aromatic carbocycles. The lowest BCUT2D eigenvalue weighted by Gasteiger charge is -2.22. The van der Waals surface area contributed by atoms with E-state index in [1.54, 1.807) is 12.1 Å². The summed E-state index contributed by atoms with van der Waals surface area (Å²) < 4.78 is 29.8. The summed E-state index contributed by atoms with van der Waals surface area (Å²) in [6.45, 7) is 2.14. The molecule has 3 atom stereocenters. The second-order valence-corrected chi connectivity index (χ2v) is 9.91. The summed E-state index contributed by atoms with van der Waals surface area (Å²) in [4.78, 5) is 11.8. The summed E-state index contributed by atoms with van der Waals surface area (Å²) >= 11 is 3.41. The predicted molar refractivity (Wildman–Crippen MR) is 108 cm³/mol. The fourth-order valence-corrected chi connectivity index (χ4v) is 6.08. The maximum Gasteiger partial charge on any atom is 0.242 e. The summed E-state index contributed by atoms with van der Waals surface area (Å²) in [6, 6.07) is 12.8. The smallest absolute Gasteiger partial charge is 0.242 e. The van der Waals surface area contributed by atoms with E-state index in [0.29, 0.717) is 34.8 Å².